The quantitative estimate of drug-likeness (QED) is 0.848. The zero-order chi connectivity index (χ0) is 15.6. The molecular formula is C16H19NO4. The van der Waals surface area contributed by atoms with E-state index in [0.717, 1.165) is 5.56 Å². The van der Waals surface area contributed by atoms with Crippen LogP contribution < -0.4 is 5.32 Å². The lowest BCUT2D eigenvalue weighted by molar-refractivity contribution is -0.150. The van der Waals surface area contributed by atoms with Gasteiger partial charge in [0.2, 0.25) is 0 Å². The Labute approximate surface area is 123 Å². The third-order valence-corrected chi connectivity index (χ3v) is 3.13. The molecule has 1 atom stereocenters. The summed E-state index contributed by atoms with van der Waals surface area (Å²) in [7, 11) is 0. The largest absolute Gasteiger partial charge is 0.418 e. The number of ether oxygens (including phenoxy) is 2. The van der Waals surface area contributed by atoms with Crippen LogP contribution in [0.5, 0.6) is 0 Å². The Balaban J connectivity index is 2.06. The van der Waals surface area contributed by atoms with Crippen LogP contribution in [0.4, 0.5) is 10.5 Å². The van der Waals surface area contributed by atoms with E-state index in [9.17, 15) is 9.59 Å². The van der Waals surface area contributed by atoms with Crippen LogP contribution in [0.1, 0.15) is 33.3 Å². The first-order valence-corrected chi connectivity index (χ1v) is 6.74. The molecular weight excluding hydrogens is 270 g/mol. The number of cyclic esters (lactones) is 1. The van der Waals surface area contributed by atoms with Gasteiger partial charge in [0.15, 0.2) is 0 Å². The SMILES string of the molecule is CC1=CC(OC(=O)Nc2ccccc2C(C)(C)C)OC1=O. The minimum absolute atomic E-state index is 0.111. The maximum Gasteiger partial charge on any atom is 0.414 e. The molecule has 1 heterocycles. The summed E-state index contributed by atoms with van der Waals surface area (Å²) in [4.78, 5) is 23.1. The topological polar surface area (TPSA) is 64.6 Å². The maximum absolute atomic E-state index is 11.9. The van der Waals surface area contributed by atoms with E-state index in [2.05, 4.69) is 26.1 Å². The number of para-hydroxylation sites is 1. The Hall–Kier alpha value is -2.30. The molecule has 0 saturated carbocycles. The highest BCUT2D eigenvalue weighted by molar-refractivity contribution is 5.91. The molecule has 2 rings (SSSR count). The number of benzene rings is 1. The molecule has 0 saturated heterocycles. The van der Waals surface area contributed by atoms with Crippen molar-refractivity contribution in [3.05, 3.63) is 41.5 Å². The summed E-state index contributed by atoms with van der Waals surface area (Å²) >= 11 is 0. The molecule has 0 fully saturated rings. The number of rotatable bonds is 2. The summed E-state index contributed by atoms with van der Waals surface area (Å²) in [6.07, 6.45) is -0.146. The smallest absolute Gasteiger partial charge is 0.414 e. The van der Waals surface area contributed by atoms with E-state index in [1.165, 1.54) is 6.08 Å². The lowest BCUT2D eigenvalue weighted by Gasteiger charge is -2.23. The Kier molecular flexibility index (Phi) is 4.02. The third kappa shape index (κ3) is 3.62. The second-order valence-electron chi connectivity index (χ2n) is 5.95. The molecule has 5 heteroatoms. The first-order valence-electron chi connectivity index (χ1n) is 6.74. The van der Waals surface area contributed by atoms with Crippen molar-refractivity contribution in [2.75, 3.05) is 5.32 Å². The van der Waals surface area contributed by atoms with Crippen LogP contribution in [-0.2, 0) is 19.7 Å². The fraction of sp³-hybridized carbons (Fsp3) is 0.375. The van der Waals surface area contributed by atoms with Crippen molar-refractivity contribution >= 4 is 17.7 Å². The van der Waals surface area contributed by atoms with Crippen molar-refractivity contribution in [2.24, 2.45) is 0 Å². The van der Waals surface area contributed by atoms with Crippen LogP contribution in [0.3, 0.4) is 0 Å². The molecule has 21 heavy (non-hydrogen) atoms. The van der Waals surface area contributed by atoms with E-state index in [0.29, 0.717) is 11.3 Å². The van der Waals surface area contributed by atoms with Crippen molar-refractivity contribution in [1.82, 2.24) is 0 Å². The number of carbonyl (C=O) groups is 2. The van der Waals surface area contributed by atoms with Crippen molar-refractivity contribution < 1.29 is 19.1 Å². The second-order valence-corrected chi connectivity index (χ2v) is 5.95. The van der Waals surface area contributed by atoms with Gasteiger partial charge < -0.3 is 9.47 Å². The van der Waals surface area contributed by atoms with E-state index in [1.807, 2.05) is 24.3 Å². The van der Waals surface area contributed by atoms with Gasteiger partial charge in [0.25, 0.3) is 6.29 Å². The van der Waals surface area contributed by atoms with Gasteiger partial charge in [-0.15, -0.1) is 0 Å². The summed E-state index contributed by atoms with van der Waals surface area (Å²) in [6.45, 7) is 7.79. The van der Waals surface area contributed by atoms with Crippen LogP contribution in [0.25, 0.3) is 0 Å². The Bertz CT molecular complexity index is 599. The van der Waals surface area contributed by atoms with Gasteiger partial charge in [-0.3, -0.25) is 5.32 Å². The standard InChI is InChI=1S/C16H19NO4/c1-10-9-13(20-14(10)18)21-15(19)17-12-8-6-5-7-11(12)16(2,3)4/h5-9,13H,1-4H3,(H,17,19). The molecule has 1 aliphatic heterocycles. The summed E-state index contributed by atoms with van der Waals surface area (Å²) < 4.78 is 9.92. The van der Waals surface area contributed by atoms with Gasteiger partial charge in [0, 0.05) is 17.3 Å². The van der Waals surface area contributed by atoms with Gasteiger partial charge in [-0.25, -0.2) is 9.59 Å². The zero-order valence-corrected chi connectivity index (χ0v) is 12.6. The molecule has 1 amide bonds. The predicted molar refractivity (Wildman–Crippen MR) is 78.9 cm³/mol. The Morgan fingerprint density at radius 1 is 1.29 bits per heavy atom. The molecule has 0 aliphatic carbocycles. The fourth-order valence-electron chi connectivity index (χ4n) is 2.05. The number of carbonyl (C=O) groups excluding carboxylic acids is 2. The molecule has 0 spiro atoms. The lowest BCUT2D eigenvalue weighted by Crippen LogP contribution is -2.24. The Morgan fingerprint density at radius 2 is 1.95 bits per heavy atom. The van der Waals surface area contributed by atoms with E-state index in [4.69, 9.17) is 9.47 Å². The predicted octanol–water partition coefficient (Wildman–Crippen LogP) is 3.36. The first kappa shape index (κ1) is 15.1. The summed E-state index contributed by atoms with van der Waals surface area (Å²) in [5, 5.41) is 2.69. The number of hydrogen-bond acceptors (Lipinski definition) is 4. The summed E-state index contributed by atoms with van der Waals surface area (Å²) in [5.41, 5.74) is 2.00. The Morgan fingerprint density at radius 3 is 2.52 bits per heavy atom. The lowest BCUT2D eigenvalue weighted by atomic mass is 9.86. The molecule has 0 radical (unpaired) electrons. The summed E-state index contributed by atoms with van der Waals surface area (Å²) in [5.74, 6) is -0.470. The van der Waals surface area contributed by atoms with Crippen LogP contribution in [0.15, 0.2) is 35.9 Å². The van der Waals surface area contributed by atoms with Crippen LogP contribution >= 0.6 is 0 Å². The molecule has 0 bridgehead atoms. The number of amides is 1. The van der Waals surface area contributed by atoms with Crippen molar-refractivity contribution in [2.45, 2.75) is 39.4 Å². The average Bonchev–Trinajstić information content (AvgIpc) is 2.67. The van der Waals surface area contributed by atoms with E-state index in [1.54, 1.807) is 6.92 Å². The molecule has 5 nitrogen and oxygen atoms in total. The molecule has 112 valence electrons. The van der Waals surface area contributed by atoms with Crippen molar-refractivity contribution in [3.8, 4) is 0 Å². The van der Waals surface area contributed by atoms with Crippen LogP contribution in [0.2, 0.25) is 0 Å². The minimum Gasteiger partial charge on any atom is -0.418 e. The first-order chi connectivity index (χ1) is 9.77. The van der Waals surface area contributed by atoms with Gasteiger partial charge in [0.05, 0.1) is 0 Å². The van der Waals surface area contributed by atoms with E-state index >= 15 is 0 Å². The average molecular weight is 289 g/mol. The zero-order valence-electron chi connectivity index (χ0n) is 12.6. The molecule has 0 aromatic heterocycles. The molecule has 1 aliphatic rings. The van der Waals surface area contributed by atoms with Gasteiger partial charge in [0.1, 0.15) is 0 Å². The number of anilines is 1. The molecule has 1 N–H and O–H groups in total. The normalized spacial score (nSPS) is 18.0. The maximum atomic E-state index is 11.9. The minimum atomic E-state index is -0.959. The highest BCUT2D eigenvalue weighted by atomic mass is 16.7. The van der Waals surface area contributed by atoms with Crippen LogP contribution in [-0.4, -0.2) is 18.4 Å². The van der Waals surface area contributed by atoms with Gasteiger partial charge in [-0.05, 0) is 24.0 Å². The molecule has 1 aromatic carbocycles. The number of nitrogens with one attached hydrogen (secondary N) is 1. The fourth-order valence-corrected chi connectivity index (χ4v) is 2.05. The molecule has 1 unspecified atom stereocenters. The van der Waals surface area contributed by atoms with Gasteiger partial charge in [-0.1, -0.05) is 39.0 Å². The number of hydrogen-bond donors (Lipinski definition) is 1. The van der Waals surface area contributed by atoms with Gasteiger partial charge in [-0.2, -0.15) is 0 Å². The number of esters is 1. The van der Waals surface area contributed by atoms with Gasteiger partial charge >= 0.3 is 12.1 Å². The highest BCUT2D eigenvalue weighted by Crippen LogP contribution is 2.29. The summed E-state index contributed by atoms with van der Waals surface area (Å²) in [6, 6.07) is 7.52. The van der Waals surface area contributed by atoms with Crippen molar-refractivity contribution in [1.29, 1.82) is 0 Å². The van der Waals surface area contributed by atoms with Crippen molar-refractivity contribution in [3.63, 3.8) is 0 Å². The monoisotopic (exact) mass is 289 g/mol. The third-order valence-electron chi connectivity index (χ3n) is 3.13. The molecule has 1 aromatic rings. The highest BCUT2D eigenvalue weighted by Gasteiger charge is 2.26. The van der Waals surface area contributed by atoms with E-state index < -0.39 is 18.4 Å². The second kappa shape index (κ2) is 5.60. The van der Waals surface area contributed by atoms with Crippen LogP contribution in [0, 0.1) is 0 Å². The van der Waals surface area contributed by atoms with E-state index in [-0.39, 0.29) is 5.41 Å².